The molecule has 0 aliphatic heterocycles. The predicted molar refractivity (Wildman–Crippen MR) is 73.2 cm³/mol. The van der Waals surface area contributed by atoms with Crippen molar-refractivity contribution >= 4 is 21.4 Å². The van der Waals surface area contributed by atoms with Crippen molar-refractivity contribution in [2.75, 3.05) is 0 Å². The van der Waals surface area contributed by atoms with Gasteiger partial charge in [0.25, 0.3) is 10.0 Å². The van der Waals surface area contributed by atoms with Gasteiger partial charge in [-0.1, -0.05) is 0 Å². The number of hydrogen-bond donors (Lipinski definition) is 2. The quantitative estimate of drug-likeness (QED) is 0.880. The van der Waals surface area contributed by atoms with E-state index in [0.29, 0.717) is 4.88 Å². The van der Waals surface area contributed by atoms with E-state index in [-0.39, 0.29) is 16.9 Å². The van der Waals surface area contributed by atoms with Crippen LogP contribution < -0.4 is 4.72 Å². The Morgan fingerprint density at radius 3 is 2.58 bits per heavy atom. The van der Waals surface area contributed by atoms with Gasteiger partial charge in [-0.05, 0) is 36.8 Å². The lowest BCUT2D eigenvalue weighted by Crippen LogP contribution is -2.26. The molecule has 19 heavy (non-hydrogen) atoms. The van der Waals surface area contributed by atoms with E-state index in [4.69, 9.17) is 5.11 Å². The number of sulfonamides is 1. The summed E-state index contributed by atoms with van der Waals surface area (Å²) < 4.78 is 27.1. The minimum Gasteiger partial charge on any atom is -0.391 e. The molecule has 2 aromatic rings. The first-order valence-corrected chi connectivity index (χ1v) is 7.95. The highest BCUT2D eigenvalue weighted by molar-refractivity contribution is 7.91. The highest BCUT2D eigenvalue weighted by Gasteiger charge is 2.20. The van der Waals surface area contributed by atoms with Gasteiger partial charge in [0.05, 0.1) is 6.61 Å². The normalized spacial score (nSPS) is 13.4. The molecule has 0 bridgehead atoms. The molecule has 2 N–H and O–H groups in total. The molecule has 0 aliphatic carbocycles. The predicted octanol–water partition coefficient (Wildman–Crippen LogP) is 1.67. The molecular formula is C12H14N2O3S2. The number of aromatic nitrogens is 1. The Morgan fingerprint density at radius 1 is 1.32 bits per heavy atom. The summed E-state index contributed by atoms with van der Waals surface area (Å²) in [5.74, 6) is 0. The molecule has 1 atom stereocenters. The second-order valence-corrected chi connectivity index (χ2v) is 7.11. The fourth-order valence-corrected chi connectivity index (χ4v) is 4.06. The van der Waals surface area contributed by atoms with Gasteiger partial charge in [-0.15, -0.1) is 11.3 Å². The summed E-state index contributed by atoms with van der Waals surface area (Å²) in [7, 11) is -3.56. The van der Waals surface area contributed by atoms with Crippen LogP contribution >= 0.6 is 11.3 Å². The van der Waals surface area contributed by atoms with Crippen LogP contribution in [0.5, 0.6) is 0 Å². The molecule has 0 amide bonds. The number of nitrogens with one attached hydrogen (secondary N) is 1. The lowest BCUT2D eigenvalue weighted by molar-refractivity contribution is 0.285. The molecule has 0 saturated heterocycles. The number of hydrogen-bond acceptors (Lipinski definition) is 5. The molecule has 0 spiro atoms. The summed E-state index contributed by atoms with van der Waals surface area (Å²) >= 11 is 1.06. The lowest BCUT2D eigenvalue weighted by Gasteiger charge is -2.13. The summed E-state index contributed by atoms with van der Waals surface area (Å²) in [5, 5.41) is 8.96. The molecule has 0 aromatic carbocycles. The van der Waals surface area contributed by atoms with Crippen LogP contribution in [0.2, 0.25) is 0 Å². The Morgan fingerprint density at radius 2 is 2.00 bits per heavy atom. The molecule has 7 heteroatoms. The Hall–Kier alpha value is -1.28. The van der Waals surface area contributed by atoms with Crippen LogP contribution in [-0.4, -0.2) is 18.5 Å². The standard InChI is InChI=1S/C12H14N2O3S2/c1-9(10-4-6-13-7-5-10)14-19(16,17)12-3-2-11(8-15)18-12/h2-7,9,14-15H,8H2,1H3. The fraction of sp³-hybridized carbons (Fsp3) is 0.250. The van der Waals surface area contributed by atoms with Crippen LogP contribution in [0.25, 0.3) is 0 Å². The Labute approximate surface area is 116 Å². The molecule has 0 aliphatic rings. The van der Waals surface area contributed by atoms with E-state index in [2.05, 4.69) is 9.71 Å². The van der Waals surface area contributed by atoms with Gasteiger partial charge in [-0.3, -0.25) is 4.98 Å². The second-order valence-electron chi connectivity index (χ2n) is 4.00. The SMILES string of the molecule is CC(NS(=O)(=O)c1ccc(CO)s1)c1ccncc1. The van der Waals surface area contributed by atoms with Crippen molar-refractivity contribution in [3.8, 4) is 0 Å². The van der Waals surface area contributed by atoms with E-state index in [0.717, 1.165) is 16.9 Å². The number of aliphatic hydroxyl groups excluding tert-OH is 1. The Bertz CT molecular complexity index is 638. The Balaban J connectivity index is 2.17. The van der Waals surface area contributed by atoms with E-state index in [1.165, 1.54) is 6.07 Å². The third-order valence-electron chi connectivity index (χ3n) is 2.60. The average Bonchev–Trinajstić information content (AvgIpc) is 2.89. The van der Waals surface area contributed by atoms with E-state index in [1.54, 1.807) is 37.5 Å². The molecule has 1 unspecified atom stereocenters. The Kier molecular flexibility index (Phi) is 4.31. The summed E-state index contributed by atoms with van der Waals surface area (Å²) in [5.41, 5.74) is 0.845. The van der Waals surface area contributed by atoms with E-state index in [1.807, 2.05) is 0 Å². The van der Waals surface area contributed by atoms with Crippen molar-refractivity contribution in [2.45, 2.75) is 23.8 Å². The molecule has 2 rings (SSSR count). The van der Waals surface area contributed by atoms with Crippen LogP contribution in [0.4, 0.5) is 0 Å². The summed E-state index contributed by atoms with van der Waals surface area (Å²) in [4.78, 5) is 4.52. The molecule has 0 fully saturated rings. The van der Waals surface area contributed by atoms with Gasteiger partial charge in [0.15, 0.2) is 0 Å². The highest BCUT2D eigenvalue weighted by atomic mass is 32.2. The first kappa shape index (κ1) is 14.1. The number of aliphatic hydroxyl groups is 1. The largest absolute Gasteiger partial charge is 0.391 e. The molecule has 102 valence electrons. The molecule has 0 saturated carbocycles. The van der Waals surface area contributed by atoms with Crippen LogP contribution in [-0.2, 0) is 16.6 Å². The topological polar surface area (TPSA) is 79.3 Å². The van der Waals surface area contributed by atoms with Gasteiger partial charge in [0, 0.05) is 23.3 Å². The zero-order valence-corrected chi connectivity index (χ0v) is 11.9. The minimum absolute atomic E-state index is 0.153. The maximum absolute atomic E-state index is 12.1. The monoisotopic (exact) mass is 298 g/mol. The number of nitrogens with zero attached hydrogens (tertiary/aromatic N) is 1. The van der Waals surface area contributed by atoms with Crippen molar-refractivity contribution in [2.24, 2.45) is 0 Å². The van der Waals surface area contributed by atoms with Gasteiger partial charge in [-0.25, -0.2) is 13.1 Å². The first-order chi connectivity index (χ1) is 9.03. The highest BCUT2D eigenvalue weighted by Crippen LogP contribution is 2.23. The van der Waals surface area contributed by atoms with Crippen LogP contribution in [0.15, 0.2) is 40.9 Å². The summed E-state index contributed by atoms with van der Waals surface area (Å²) in [6.07, 6.45) is 3.24. The zero-order chi connectivity index (χ0) is 13.9. The minimum atomic E-state index is -3.56. The zero-order valence-electron chi connectivity index (χ0n) is 10.3. The second kappa shape index (κ2) is 5.79. The van der Waals surface area contributed by atoms with Gasteiger partial charge in [0.1, 0.15) is 4.21 Å². The summed E-state index contributed by atoms with van der Waals surface area (Å²) in [6.45, 7) is 1.62. The third-order valence-corrected chi connectivity index (χ3v) is 5.70. The van der Waals surface area contributed by atoms with E-state index >= 15 is 0 Å². The van der Waals surface area contributed by atoms with Crippen molar-refractivity contribution in [1.29, 1.82) is 0 Å². The smallest absolute Gasteiger partial charge is 0.250 e. The van der Waals surface area contributed by atoms with Crippen molar-refractivity contribution < 1.29 is 13.5 Å². The summed E-state index contributed by atoms with van der Waals surface area (Å²) in [6, 6.07) is 6.29. The van der Waals surface area contributed by atoms with Gasteiger partial charge < -0.3 is 5.11 Å². The maximum atomic E-state index is 12.1. The lowest BCUT2D eigenvalue weighted by atomic mass is 10.1. The van der Waals surface area contributed by atoms with Gasteiger partial charge in [-0.2, -0.15) is 0 Å². The van der Waals surface area contributed by atoms with Crippen molar-refractivity contribution in [1.82, 2.24) is 9.71 Å². The molecule has 2 aromatic heterocycles. The van der Waals surface area contributed by atoms with Crippen molar-refractivity contribution in [3.05, 3.63) is 47.1 Å². The molecule has 2 heterocycles. The molecule has 0 radical (unpaired) electrons. The van der Waals surface area contributed by atoms with Crippen LogP contribution in [0, 0.1) is 0 Å². The van der Waals surface area contributed by atoms with Gasteiger partial charge >= 0.3 is 0 Å². The maximum Gasteiger partial charge on any atom is 0.250 e. The van der Waals surface area contributed by atoms with Crippen LogP contribution in [0.3, 0.4) is 0 Å². The number of pyridine rings is 1. The number of thiophene rings is 1. The average molecular weight is 298 g/mol. The fourth-order valence-electron chi connectivity index (χ4n) is 1.60. The first-order valence-electron chi connectivity index (χ1n) is 5.65. The number of rotatable bonds is 5. The van der Waals surface area contributed by atoms with E-state index in [9.17, 15) is 8.42 Å². The third kappa shape index (κ3) is 3.38. The van der Waals surface area contributed by atoms with Crippen molar-refractivity contribution in [3.63, 3.8) is 0 Å². The van der Waals surface area contributed by atoms with Crippen LogP contribution in [0.1, 0.15) is 23.4 Å². The molecule has 5 nitrogen and oxygen atoms in total. The molecular weight excluding hydrogens is 284 g/mol. The van der Waals surface area contributed by atoms with Gasteiger partial charge in [0.2, 0.25) is 0 Å². The van der Waals surface area contributed by atoms with E-state index < -0.39 is 10.0 Å².